The third kappa shape index (κ3) is 12.7. The molecular formula is C28H44N6O5. The second kappa shape index (κ2) is 18.9. The first-order chi connectivity index (χ1) is 18.5. The molecule has 0 aliphatic rings. The predicted molar refractivity (Wildman–Crippen MR) is 162 cm³/mol. The number of aliphatic hydroxyl groups excluding tert-OH is 1. The van der Waals surface area contributed by atoms with Crippen molar-refractivity contribution in [2.45, 2.75) is 27.7 Å². The molecule has 0 bridgehead atoms. The second-order valence-electron chi connectivity index (χ2n) is 8.07. The number of nitro benzene ring substituents is 1. The molecule has 0 atom stereocenters. The Bertz CT molecular complexity index is 1130. The Hall–Kier alpha value is -4.22. The minimum atomic E-state index is -0.484. The van der Waals surface area contributed by atoms with Crippen LogP contribution in [0.3, 0.4) is 0 Å². The van der Waals surface area contributed by atoms with Gasteiger partial charge in [0, 0.05) is 49.4 Å². The number of methoxy groups -OCH3 is 2. The summed E-state index contributed by atoms with van der Waals surface area (Å²) in [6.45, 7) is 9.84. The van der Waals surface area contributed by atoms with E-state index in [1.165, 1.54) is 12.1 Å². The van der Waals surface area contributed by atoms with Crippen LogP contribution < -0.4 is 32.6 Å². The molecule has 216 valence electrons. The average Bonchev–Trinajstić information content (AvgIpc) is 2.92. The van der Waals surface area contributed by atoms with Gasteiger partial charge in [0.05, 0.1) is 30.9 Å². The Labute approximate surface area is 231 Å². The maximum atomic E-state index is 10.3. The lowest BCUT2D eigenvalue weighted by molar-refractivity contribution is -0.383. The number of nitro groups is 1. The fourth-order valence-corrected chi connectivity index (χ4v) is 3.09. The zero-order valence-electron chi connectivity index (χ0n) is 23.8. The summed E-state index contributed by atoms with van der Waals surface area (Å²) in [6.07, 6.45) is 0. The van der Waals surface area contributed by atoms with E-state index in [4.69, 9.17) is 37.5 Å². The fourth-order valence-electron chi connectivity index (χ4n) is 3.09. The van der Waals surface area contributed by atoms with Crippen molar-refractivity contribution in [3.8, 4) is 5.75 Å². The first kappa shape index (κ1) is 34.8. The largest absolute Gasteiger partial charge is 0.495 e. The van der Waals surface area contributed by atoms with Crippen molar-refractivity contribution in [1.82, 2.24) is 0 Å². The molecule has 0 aliphatic carbocycles. The van der Waals surface area contributed by atoms with Crippen molar-refractivity contribution in [1.29, 1.82) is 0 Å². The predicted octanol–water partition coefficient (Wildman–Crippen LogP) is 4.39. The number of benzene rings is 3. The number of nitrogens with two attached hydrogens (primary N) is 4. The summed E-state index contributed by atoms with van der Waals surface area (Å²) < 4.78 is 9.99. The Kier molecular flexibility index (Phi) is 16.9. The van der Waals surface area contributed by atoms with Crippen LogP contribution in [-0.4, -0.2) is 50.6 Å². The van der Waals surface area contributed by atoms with E-state index in [1.54, 1.807) is 39.3 Å². The third-order valence-electron chi connectivity index (χ3n) is 5.19. The van der Waals surface area contributed by atoms with Gasteiger partial charge in [0.1, 0.15) is 11.4 Å². The van der Waals surface area contributed by atoms with E-state index in [9.17, 15) is 10.1 Å². The zero-order chi connectivity index (χ0) is 30.0. The van der Waals surface area contributed by atoms with Gasteiger partial charge in [0.15, 0.2) is 0 Å². The summed E-state index contributed by atoms with van der Waals surface area (Å²) in [5.41, 5.74) is 27.3. The summed E-state index contributed by atoms with van der Waals surface area (Å²) in [7, 11) is 3.24. The number of anilines is 5. The lowest BCUT2D eigenvalue weighted by Gasteiger charge is -2.23. The topological polar surface area (TPSA) is 189 Å². The minimum Gasteiger partial charge on any atom is -0.495 e. The van der Waals surface area contributed by atoms with Crippen LogP contribution in [0.15, 0.2) is 54.6 Å². The van der Waals surface area contributed by atoms with Crippen LogP contribution in [0, 0.1) is 24.0 Å². The van der Waals surface area contributed by atoms with Crippen LogP contribution in [0.5, 0.6) is 5.75 Å². The zero-order valence-corrected chi connectivity index (χ0v) is 23.8. The molecular weight excluding hydrogens is 500 g/mol. The van der Waals surface area contributed by atoms with Crippen molar-refractivity contribution in [2.24, 2.45) is 0 Å². The SMILES string of the molecule is CC.COCCN(CCO)c1ccc(N)cc1.COc1cc(N)c(C)cc1N.Cc1ccc(N)c([N+](=O)[O-])c1. The van der Waals surface area contributed by atoms with E-state index in [1.807, 2.05) is 45.0 Å². The first-order valence-corrected chi connectivity index (χ1v) is 12.4. The van der Waals surface area contributed by atoms with Gasteiger partial charge in [-0.1, -0.05) is 19.9 Å². The number of hydrogen-bond donors (Lipinski definition) is 5. The van der Waals surface area contributed by atoms with Gasteiger partial charge in [0.25, 0.3) is 5.69 Å². The summed E-state index contributed by atoms with van der Waals surface area (Å²) in [5.74, 6) is 0.633. The first-order valence-electron chi connectivity index (χ1n) is 12.4. The highest BCUT2D eigenvalue weighted by Gasteiger charge is 2.09. The summed E-state index contributed by atoms with van der Waals surface area (Å²) in [5, 5.41) is 19.2. The highest BCUT2D eigenvalue weighted by atomic mass is 16.6. The molecule has 0 aliphatic heterocycles. The Morgan fingerprint density at radius 2 is 1.49 bits per heavy atom. The molecule has 0 aromatic heterocycles. The van der Waals surface area contributed by atoms with Gasteiger partial charge >= 0.3 is 0 Å². The molecule has 9 N–H and O–H groups in total. The number of nitrogen functional groups attached to an aromatic ring is 4. The molecule has 39 heavy (non-hydrogen) atoms. The standard InChI is InChI=1S/C11H18N2O2.C8H12N2O.C7H8N2O2.C2H6/c1-15-9-7-13(6-8-14)11-4-2-10(12)3-5-11;1-5-3-7(10)8(11-2)4-6(5)9;1-5-2-3-6(8)7(4-5)9(10)11;1-2/h2-5,14H,6-9,12H2,1H3;3-4H,9-10H2,1-2H3;2-4H,8H2,1H3;1-2H3. The molecule has 11 nitrogen and oxygen atoms in total. The van der Waals surface area contributed by atoms with Crippen molar-refractivity contribution >= 4 is 34.1 Å². The van der Waals surface area contributed by atoms with E-state index in [-0.39, 0.29) is 18.0 Å². The average molecular weight is 545 g/mol. The molecule has 0 radical (unpaired) electrons. The van der Waals surface area contributed by atoms with Gasteiger partial charge < -0.3 is 42.4 Å². The third-order valence-corrected chi connectivity index (χ3v) is 5.19. The summed E-state index contributed by atoms with van der Waals surface area (Å²) in [6, 6.07) is 15.9. The van der Waals surface area contributed by atoms with Gasteiger partial charge in [-0.2, -0.15) is 0 Å². The lowest BCUT2D eigenvalue weighted by Crippen LogP contribution is -2.30. The molecule has 0 fully saturated rings. The van der Waals surface area contributed by atoms with Crippen LogP contribution >= 0.6 is 0 Å². The lowest BCUT2D eigenvalue weighted by atomic mass is 10.2. The molecule has 3 aromatic carbocycles. The molecule has 0 spiro atoms. The molecule has 3 rings (SSSR count). The van der Waals surface area contributed by atoms with Gasteiger partial charge in [-0.05, 0) is 61.4 Å². The van der Waals surface area contributed by atoms with Crippen LogP contribution in [-0.2, 0) is 4.74 Å². The quantitative estimate of drug-likeness (QED) is 0.154. The molecule has 0 heterocycles. The molecule has 0 amide bonds. The monoisotopic (exact) mass is 544 g/mol. The van der Waals surface area contributed by atoms with E-state index >= 15 is 0 Å². The number of rotatable bonds is 8. The molecule has 0 unspecified atom stereocenters. The van der Waals surface area contributed by atoms with Crippen molar-refractivity contribution in [3.63, 3.8) is 0 Å². The normalized spacial score (nSPS) is 9.51. The van der Waals surface area contributed by atoms with Gasteiger partial charge in [-0.3, -0.25) is 10.1 Å². The summed E-state index contributed by atoms with van der Waals surface area (Å²) >= 11 is 0. The van der Waals surface area contributed by atoms with Gasteiger partial charge in [-0.25, -0.2) is 0 Å². The maximum Gasteiger partial charge on any atom is 0.292 e. The van der Waals surface area contributed by atoms with Crippen molar-refractivity contribution in [2.75, 3.05) is 68.4 Å². The highest BCUT2D eigenvalue weighted by Crippen LogP contribution is 2.26. The number of aliphatic hydroxyl groups is 1. The van der Waals surface area contributed by atoms with E-state index in [0.29, 0.717) is 30.3 Å². The Balaban J connectivity index is 0.000000546. The molecule has 3 aromatic rings. The smallest absolute Gasteiger partial charge is 0.292 e. The Morgan fingerprint density at radius 1 is 0.872 bits per heavy atom. The van der Waals surface area contributed by atoms with E-state index in [2.05, 4.69) is 4.90 Å². The number of aryl methyl sites for hydroxylation is 2. The maximum absolute atomic E-state index is 10.3. The van der Waals surface area contributed by atoms with Crippen molar-refractivity contribution in [3.05, 3.63) is 75.8 Å². The molecule has 11 heteroatoms. The van der Waals surface area contributed by atoms with Gasteiger partial charge in [0.2, 0.25) is 0 Å². The van der Waals surface area contributed by atoms with Crippen LogP contribution in [0.1, 0.15) is 25.0 Å². The van der Waals surface area contributed by atoms with Crippen molar-refractivity contribution < 1.29 is 19.5 Å². The number of ether oxygens (including phenoxy) is 2. The van der Waals surface area contributed by atoms with Crippen LogP contribution in [0.25, 0.3) is 0 Å². The van der Waals surface area contributed by atoms with E-state index < -0.39 is 4.92 Å². The van der Waals surface area contributed by atoms with E-state index in [0.717, 1.165) is 29.0 Å². The number of hydrogen-bond acceptors (Lipinski definition) is 10. The molecule has 0 saturated carbocycles. The second-order valence-corrected chi connectivity index (χ2v) is 8.07. The Morgan fingerprint density at radius 3 is 1.97 bits per heavy atom. The van der Waals surface area contributed by atoms with Crippen LogP contribution in [0.4, 0.5) is 34.1 Å². The highest BCUT2D eigenvalue weighted by molar-refractivity contribution is 5.63. The molecule has 0 saturated heterocycles. The van der Waals surface area contributed by atoms with Gasteiger partial charge in [-0.15, -0.1) is 0 Å². The fraction of sp³-hybridized carbons (Fsp3) is 0.357. The summed E-state index contributed by atoms with van der Waals surface area (Å²) in [4.78, 5) is 11.9. The van der Waals surface area contributed by atoms with Crippen LogP contribution in [0.2, 0.25) is 0 Å². The number of nitrogens with zero attached hydrogens (tertiary/aromatic N) is 2. The minimum absolute atomic E-state index is 0.0231.